The van der Waals surface area contributed by atoms with E-state index in [0.29, 0.717) is 5.92 Å². The largest absolute Gasteiger partial charge is 0.393 e. The van der Waals surface area contributed by atoms with Crippen molar-refractivity contribution in [1.29, 1.82) is 0 Å². The quantitative estimate of drug-likeness (QED) is 0.620. The van der Waals surface area contributed by atoms with Crippen molar-refractivity contribution in [3.63, 3.8) is 0 Å². The van der Waals surface area contributed by atoms with Crippen LogP contribution < -0.4 is 5.73 Å². The van der Waals surface area contributed by atoms with E-state index in [0.717, 1.165) is 17.1 Å². The summed E-state index contributed by atoms with van der Waals surface area (Å²) in [6.07, 6.45) is 5.09. The first-order valence-electron chi connectivity index (χ1n) is 4.69. The molecule has 68 valence electrons. The minimum absolute atomic E-state index is 0.522. The zero-order chi connectivity index (χ0) is 8.72. The third kappa shape index (κ3) is 1.25. The Balaban J connectivity index is 2.07. The Morgan fingerprint density at radius 1 is 1.33 bits per heavy atom. The Labute approximate surface area is 79.1 Å². The Bertz CT molecular complexity index is 191. The van der Waals surface area contributed by atoms with E-state index in [9.17, 15) is 0 Å². The van der Waals surface area contributed by atoms with Crippen molar-refractivity contribution >= 4 is 17.2 Å². The monoisotopic (exact) mass is 184 g/mol. The van der Waals surface area contributed by atoms with Gasteiger partial charge in [-0.05, 0) is 32.7 Å². The lowest BCUT2D eigenvalue weighted by Gasteiger charge is -2.35. The summed E-state index contributed by atoms with van der Waals surface area (Å²) < 4.78 is 0. The summed E-state index contributed by atoms with van der Waals surface area (Å²) in [6.45, 7) is 0. The van der Waals surface area contributed by atoms with Gasteiger partial charge in [0.2, 0.25) is 0 Å². The summed E-state index contributed by atoms with van der Waals surface area (Å²) in [4.78, 5) is 3.24. The number of nitrogens with two attached hydrogens (primary N) is 1. The predicted molar refractivity (Wildman–Crippen MR) is 54.1 cm³/mol. The highest BCUT2D eigenvalue weighted by atomic mass is 32.1. The van der Waals surface area contributed by atoms with E-state index in [-0.39, 0.29) is 0 Å². The van der Waals surface area contributed by atoms with Crippen LogP contribution in [0, 0.1) is 5.92 Å². The summed E-state index contributed by atoms with van der Waals surface area (Å²) in [5.41, 5.74) is 5.68. The van der Waals surface area contributed by atoms with Crippen LogP contribution in [-0.4, -0.2) is 29.0 Å². The van der Waals surface area contributed by atoms with Crippen molar-refractivity contribution in [3.05, 3.63) is 0 Å². The molecule has 2 saturated heterocycles. The molecule has 12 heavy (non-hydrogen) atoms. The predicted octanol–water partition coefficient (Wildman–Crippen LogP) is 1.15. The molecule has 2 aliphatic heterocycles. The SMILES string of the molecule is CN1[C@@H]2CC[C@H]1CC(C(N)=S)C2. The molecule has 0 radical (unpaired) electrons. The van der Waals surface area contributed by atoms with Crippen LogP contribution >= 0.6 is 12.2 Å². The van der Waals surface area contributed by atoms with Crippen LogP contribution in [-0.2, 0) is 0 Å². The van der Waals surface area contributed by atoms with Gasteiger partial charge in [0.15, 0.2) is 0 Å². The van der Waals surface area contributed by atoms with Gasteiger partial charge in [0.1, 0.15) is 0 Å². The first-order chi connectivity index (χ1) is 5.68. The summed E-state index contributed by atoms with van der Waals surface area (Å²) >= 11 is 5.05. The second kappa shape index (κ2) is 2.96. The summed E-state index contributed by atoms with van der Waals surface area (Å²) in [5, 5.41) is 0. The van der Waals surface area contributed by atoms with Crippen molar-refractivity contribution in [2.75, 3.05) is 7.05 Å². The molecule has 2 N–H and O–H groups in total. The topological polar surface area (TPSA) is 29.3 Å². The molecule has 1 unspecified atom stereocenters. The van der Waals surface area contributed by atoms with E-state index in [1.165, 1.54) is 25.7 Å². The van der Waals surface area contributed by atoms with Gasteiger partial charge in [-0.1, -0.05) is 12.2 Å². The summed E-state index contributed by atoms with van der Waals surface area (Å²) in [5.74, 6) is 0.522. The standard InChI is InChI=1S/C9H16N2S/c1-11-7-2-3-8(11)5-6(4-7)9(10)12/h6-8H,2-5H2,1H3,(H2,10,12)/t6?,7-,8+. The molecule has 0 saturated carbocycles. The second-order valence-corrected chi connectivity index (χ2v) is 4.59. The van der Waals surface area contributed by atoms with Crippen LogP contribution in [0.5, 0.6) is 0 Å². The molecule has 3 atom stereocenters. The number of hydrogen-bond donors (Lipinski definition) is 1. The Hall–Kier alpha value is -0.150. The molecule has 0 aliphatic carbocycles. The van der Waals surface area contributed by atoms with E-state index in [1.54, 1.807) is 0 Å². The summed E-state index contributed by atoms with van der Waals surface area (Å²) in [7, 11) is 2.23. The Morgan fingerprint density at radius 3 is 2.25 bits per heavy atom. The first kappa shape index (κ1) is 8.45. The van der Waals surface area contributed by atoms with Gasteiger partial charge < -0.3 is 10.6 Å². The smallest absolute Gasteiger partial charge is 0.0759 e. The van der Waals surface area contributed by atoms with Crippen LogP contribution in [0.4, 0.5) is 0 Å². The number of fused-ring (bicyclic) bond motifs is 2. The maximum Gasteiger partial charge on any atom is 0.0759 e. The van der Waals surface area contributed by atoms with E-state index < -0.39 is 0 Å². The Kier molecular flexibility index (Phi) is 2.09. The lowest BCUT2D eigenvalue weighted by Crippen LogP contribution is -2.43. The summed E-state index contributed by atoms with van der Waals surface area (Å²) in [6, 6.07) is 1.52. The molecule has 2 rings (SSSR count). The van der Waals surface area contributed by atoms with Crippen LogP contribution in [0.1, 0.15) is 25.7 Å². The number of thiocarbonyl (C=S) groups is 1. The van der Waals surface area contributed by atoms with Gasteiger partial charge in [0.25, 0.3) is 0 Å². The average molecular weight is 184 g/mol. The molecule has 2 nitrogen and oxygen atoms in total. The molecular formula is C9H16N2S. The molecule has 2 heterocycles. The van der Waals surface area contributed by atoms with Gasteiger partial charge >= 0.3 is 0 Å². The van der Waals surface area contributed by atoms with Gasteiger partial charge in [-0.3, -0.25) is 0 Å². The van der Waals surface area contributed by atoms with Crippen LogP contribution in [0.15, 0.2) is 0 Å². The van der Waals surface area contributed by atoms with Crippen molar-refractivity contribution in [3.8, 4) is 0 Å². The lowest BCUT2D eigenvalue weighted by atomic mass is 9.91. The highest BCUT2D eigenvalue weighted by Crippen LogP contribution is 2.37. The molecular weight excluding hydrogens is 168 g/mol. The van der Waals surface area contributed by atoms with Crippen LogP contribution in [0.2, 0.25) is 0 Å². The zero-order valence-corrected chi connectivity index (χ0v) is 8.31. The highest BCUT2D eigenvalue weighted by molar-refractivity contribution is 7.80. The van der Waals surface area contributed by atoms with Crippen molar-refractivity contribution in [2.45, 2.75) is 37.8 Å². The average Bonchev–Trinajstić information content (AvgIpc) is 2.30. The minimum Gasteiger partial charge on any atom is -0.393 e. The maximum absolute atomic E-state index is 5.68. The fourth-order valence-corrected chi connectivity index (χ4v) is 2.84. The molecule has 2 fully saturated rings. The molecule has 0 spiro atoms. The molecule has 3 heteroatoms. The number of piperidine rings is 1. The van der Waals surface area contributed by atoms with E-state index in [2.05, 4.69) is 11.9 Å². The fraction of sp³-hybridized carbons (Fsp3) is 0.889. The number of rotatable bonds is 1. The molecule has 0 aromatic heterocycles. The minimum atomic E-state index is 0.522. The van der Waals surface area contributed by atoms with Gasteiger partial charge in [-0.25, -0.2) is 0 Å². The van der Waals surface area contributed by atoms with Gasteiger partial charge in [0, 0.05) is 18.0 Å². The Morgan fingerprint density at radius 2 is 1.83 bits per heavy atom. The number of hydrogen-bond acceptors (Lipinski definition) is 2. The zero-order valence-electron chi connectivity index (χ0n) is 7.49. The third-order valence-electron chi connectivity index (χ3n) is 3.50. The van der Waals surface area contributed by atoms with Gasteiger partial charge in [-0.2, -0.15) is 0 Å². The highest BCUT2D eigenvalue weighted by Gasteiger charge is 2.38. The van der Waals surface area contributed by atoms with E-state index >= 15 is 0 Å². The number of nitrogens with zero attached hydrogens (tertiary/aromatic N) is 1. The van der Waals surface area contributed by atoms with Crippen LogP contribution in [0.3, 0.4) is 0 Å². The van der Waals surface area contributed by atoms with Gasteiger partial charge in [0.05, 0.1) is 4.99 Å². The fourth-order valence-electron chi connectivity index (χ4n) is 2.64. The maximum atomic E-state index is 5.68. The van der Waals surface area contributed by atoms with E-state index in [4.69, 9.17) is 18.0 Å². The molecule has 2 bridgehead atoms. The van der Waals surface area contributed by atoms with Crippen molar-refractivity contribution in [2.24, 2.45) is 11.7 Å². The van der Waals surface area contributed by atoms with Crippen molar-refractivity contribution in [1.82, 2.24) is 4.90 Å². The lowest BCUT2D eigenvalue weighted by molar-refractivity contribution is 0.159. The molecule has 2 aliphatic rings. The van der Waals surface area contributed by atoms with Gasteiger partial charge in [-0.15, -0.1) is 0 Å². The second-order valence-electron chi connectivity index (χ2n) is 4.12. The molecule has 0 aromatic carbocycles. The third-order valence-corrected chi connectivity index (χ3v) is 3.83. The normalized spacial score (nSPS) is 41.6. The van der Waals surface area contributed by atoms with Crippen LogP contribution in [0.25, 0.3) is 0 Å². The first-order valence-corrected chi connectivity index (χ1v) is 5.10. The van der Waals surface area contributed by atoms with E-state index in [1.807, 2.05) is 0 Å². The molecule has 0 amide bonds. The van der Waals surface area contributed by atoms with Crippen molar-refractivity contribution < 1.29 is 0 Å². The molecule has 0 aromatic rings.